The Bertz CT molecular complexity index is 310. The number of benzene rings is 1. The normalized spacial score (nSPS) is 14.4. The van der Waals surface area contributed by atoms with Gasteiger partial charge < -0.3 is 20.1 Å². The van der Waals surface area contributed by atoms with Gasteiger partial charge in [0.15, 0.2) is 0 Å². The minimum Gasteiger partial charge on any atom is -0.494 e. The number of hydrogen-bond donors (Lipinski definition) is 3. The van der Waals surface area contributed by atoms with Crippen molar-refractivity contribution in [2.75, 3.05) is 13.2 Å². The Morgan fingerprint density at radius 1 is 1.18 bits per heavy atom. The standard InChI is InChI=1S/C13H20O4/c1-2-3-8-17-11-6-4-10(5-7-11)13(16)12(15)9-14/h4-7,12-16H,2-3,8-9H2,1H3. The fraction of sp³-hybridized carbons (Fsp3) is 0.538. The summed E-state index contributed by atoms with van der Waals surface area (Å²) in [6, 6.07) is 6.87. The third-order valence-corrected chi connectivity index (χ3v) is 2.54. The second-order valence-corrected chi connectivity index (χ2v) is 3.97. The SMILES string of the molecule is CCCCOc1ccc(C(O)C(O)CO)cc1. The average molecular weight is 240 g/mol. The highest BCUT2D eigenvalue weighted by Gasteiger charge is 2.16. The van der Waals surface area contributed by atoms with E-state index in [0.717, 1.165) is 18.6 Å². The van der Waals surface area contributed by atoms with Gasteiger partial charge in [0.05, 0.1) is 13.2 Å². The molecule has 0 spiro atoms. The number of aliphatic hydroxyl groups is 3. The second-order valence-electron chi connectivity index (χ2n) is 3.97. The predicted octanol–water partition coefficient (Wildman–Crippen LogP) is 1.25. The zero-order valence-electron chi connectivity index (χ0n) is 10.0. The van der Waals surface area contributed by atoms with Crippen LogP contribution in [0.1, 0.15) is 31.4 Å². The lowest BCUT2D eigenvalue weighted by molar-refractivity contribution is -0.0152. The highest BCUT2D eigenvalue weighted by molar-refractivity contribution is 5.28. The molecule has 1 aromatic carbocycles. The number of hydrogen-bond acceptors (Lipinski definition) is 4. The Morgan fingerprint density at radius 2 is 1.82 bits per heavy atom. The minimum atomic E-state index is -1.15. The zero-order chi connectivity index (χ0) is 12.7. The Kier molecular flexibility index (Phi) is 5.97. The first-order valence-corrected chi connectivity index (χ1v) is 5.88. The monoisotopic (exact) mass is 240 g/mol. The molecule has 2 atom stereocenters. The number of rotatable bonds is 7. The highest BCUT2D eigenvalue weighted by atomic mass is 16.5. The van der Waals surface area contributed by atoms with Gasteiger partial charge in [-0.2, -0.15) is 0 Å². The van der Waals surface area contributed by atoms with E-state index in [1.54, 1.807) is 24.3 Å². The maximum atomic E-state index is 9.64. The first-order chi connectivity index (χ1) is 8.19. The molecule has 0 radical (unpaired) electrons. The van der Waals surface area contributed by atoms with Crippen molar-refractivity contribution in [1.82, 2.24) is 0 Å². The first kappa shape index (κ1) is 14.0. The van der Waals surface area contributed by atoms with Gasteiger partial charge in [0, 0.05) is 0 Å². The molecule has 4 nitrogen and oxygen atoms in total. The lowest BCUT2D eigenvalue weighted by Gasteiger charge is -2.16. The van der Waals surface area contributed by atoms with E-state index in [1.807, 2.05) is 0 Å². The average Bonchev–Trinajstić information content (AvgIpc) is 2.38. The van der Waals surface area contributed by atoms with Gasteiger partial charge in [0.2, 0.25) is 0 Å². The van der Waals surface area contributed by atoms with E-state index in [2.05, 4.69) is 6.92 Å². The second kappa shape index (κ2) is 7.27. The molecule has 1 aromatic rings. The molecule has 2 unspecified atom stereocenters. The van der Waals surface area contributed by atoms with Crippen molar-refractivity contribution < 1.29 is 20.1 Å². The van der Waals surface area contributed by atoms with E-state index in [-0.39, 0.29) is 0 Å². The Morgan fingerprint density at radius 3 is 2.35 bits per heavy atom. The lowest BCUT2D eigenvalue weighted by Crippen LogP contribution is -2.21. The highest BCUT2D eigenvalue weighted by Crippen LogP contribution is 2.20. The van der Waals surface area contributed by atoms with Crippen LogP contribution in [0.25, 0.3) is 0 Å². The van der Waals surface area contributed by atoms with Gasteiger partial charge in [-0.3, -0.25) is 0 Å². The Hall–Kier alpha value is -1.10. The van der Waals surface area contributed by atoms with Crippen LogP contribution in [0.4, 0.5) is 0 Å². The van der Waals surface area contributed by atoms with E-state index in [9.17, 15) is 10.2 Å². The van der Waals surface area contributed by atoms with Gasteiger partial charge in [0.25, 0.3) is 0 Å². The van der Waals surface area contributed by atoms with Gasteiger partial charge in [-0.1, -0.05) is 25.5 Å². The Balaban J connectivity index is 2.55. The molecule has 4 heteroatoms. The van der Waals surface area contributed by atoms with Crippen LogP contribution < -0.4 is 4.74 Å². The van der Waals surface area contributed by atoms with Crippen LogP contribution in [0.3, 0.4) is 0 Å². The molecular weight excluding hydrogens is 220 g/mol. The molecule has 0 heterocycles. The molecule has 0 aliphatic carbocycles. The third-order valence-electron chi connectivity index (χ3n) is 2.54. The summed E-state index contributed by atoms with van der Waals surface area (Å²) in [5.41, 5.74) is 0.564. The summed E-state index contributed by atoms with van der Waals surface area (Å²) in [5, 5.41) is 27.7. The van der Waals surface area contributed by atoms with Crippen LogP contribution in [0.5, 0.6) is 5.75 Å². The number of ether oxygens (including phenoxy) is 1. The van der Waals surface area contributed by atoms with E-state index in [4.69, 9.17) is 9.84 Å². The van der Waals surface area contributed by atoms with Crippen LogP contribution in [0.2, 0.25) is 0 Å². The van der Waals surface area contributed by atoms with Crippen molar-refractivity contribution in [3.63, 3.8) is 0 Å². The summed E-state index contributed by atoms with van der Waals surface area (Å²) in [5.74, 6) is 0.743. The van der Waals surface area contributed by atoms with Crippen LogP contribution in [-0.4, -0.2) is 34.6 Å². The van der Waals surface area contributed by atoms with Gasteiger partial charge >= 0.3 is 0 Å². The first-order valence-electron chi connectivity index (χ1n) is 5.88. The van der Waals surface area contributed by atoms with Crippen molar-refractivity contribution in [3.8, 4) is 5.75 Å². The molecule has 0 saturated heterocycles. The summed E-state index contributed by atoms with van der Waals surface area (Å²) in [4.78, 5) is 0. The molecule has 17 heavy (non-hydrogen) atoms. The van der Waals surface area contributed by atoms with Gasteiger partial charge in [-0.25, -0.2) is 0 Å². The summed E-state index contributed by atoms with van der Waals surface area (Å²) in [6.45, 7) is 2.31. The summed E-state index contributed by atoms with van der Waals surface area (Å²) >= 11 is 0. The van der Waals surface area contributed by atoms with Crippen molar-refractivity contribution in [1.29, 1.82) is 0 Å². The molecule has 0 aromatic heterocycles. The molecule has 0 fully saturated rings. The van der Waals surface area contributed by atoms with E-state index >= 15 is 0 Å². The molecule has 3 N–H and O–H groups in total. The van der Waals surface area contributed by atoms with Crippen molar-refractivity contribution >= 4 is 0 Å². The largest absolute Gasteiger partial charge is 0.494 e. The smallest absolute Gasteiger partial charge is 0.119 e. The van der Waals surface area contributed by atoms with Crippen LogP contribution in [-0.2, 0) is 0 Å². The van der Waals surface area contributed by atoms with E-state index in [1.165, 1.54) is 0 Å². The third kappa shape index (κ3) is 4.34. The summed E-state index contributed by atoms with van der Waals surface area (Å²) in [7, 11) is 0. The number of unbranched alkanes of at least 4 members (excludes halogenated alkanes) is 1. The minimum absolute atomic E-state index is 0.462. The maximum Gasteiger partial charge on any atom is 0.119 e. The van der Waals surface area contributed by atoms with Gasteiger partial charge in [-0.15, -0.1) is 0 Å². The van der Waals surface area contributed by atoms with Crippen LogP contribution in [0.15, 0.2) is 24.3 Å². The van der Waals surface area contributed by atoms with E-state index < -0.39 is 18.8 Å². The summed E-state index contributed by atoms with van der Waals surface area (Å²) in [6.07, 6.45) is -0.126. The maximum absolute atomic E-state index is 9.64. The number of aliphatic hydroxyl groups excluding tert-OH is 3. The Labute approximate surface area is 101 Å². The fourth-order valence-electron chi connectivity index (χ4n) is 1.42. The molecular formula is C13H20O4. The van der Waals surface area contributed by atoms with Gasteiger partial charge in [0.1, 0.15) is 18.0 Å². The van der Waals surface area contributed by atoms with Gasteiger partial charge in [-0.05, 0) is 24.1 Å². The van der Waals surface area contributed by atoms with Crippen molar-refractivity contribution in [2.24, 2.45) is 0 Å². The zero-order valence-corrected chi connectivity index (χ0v) is 10.0. The van der Waals surface area contributed by atoms with Crippen LogP contribution in [0, 0.1) is 0 Å². The molecule has 0 aliphatic heterocycles. The molecule has 1 rings (SSSR count). The molecule has 0 aliphatic rings. The lowest BCUT2D eigenvalue weighted by atomic mass is 10.1. The predicted molar refractivity (Wildman–Crippen MR) is 64.9 cm³/mol. The summed E-state index contributed by atoms with van der Waals surface area (Å²) < 4.78 is 5.47. The van der Waals surface area contributed by atoms with E-state index in [0.29, 0.717) is 12.2 Å². The fourth-order valence-corrected chi connectivity index (χ4v) is 1.42. The quantitative estimate of drug-likeness (QED) is 0.627. The molecule has 0 amide bonds. The molecule has 0 bridgehead atoms. The van der Waals surface area contributed by atoms with Crippen LogP contribution >= 0.6 is 0 Å². The molecule has 96 valence electrons. The topological polar surface area (TPSA) is 69.9 Å². The molecule has 0 saturated carbocycles. The van der Waals surface area contributed by atoms with Crippen molar-refractivity contribution in [2.45, 2.75) is 32.0 Å². The van der Waals surface area contributed by atoms with Crippen molar-refractivity contribution in [3.05, 3.63) is 29.8 Å².